The number of pyridine rings is 2. The van der Waals surface area contributed by atoms with E-state index >= 15 is 0 Å². The van der Waals surface area contributed by atoms with Crippen molar-refractivity contribution in [1.82, 2.24) is 19.9 Å². The smallest absolute Gasteiger partial charge is 0.163 e. The van der Waals surface area contributed by atoms with Gasteiger partial charge in [0.05, 0.1) is 24.4 Å². The first-order valence-electron chi connectivity index (χ1n) is 9.46. The van der Waals surface area contributed by atoms with Crippen LogP contribution in [0.5, 0.6) is 0 Å². The van der Waals surface area contributed by atoms with E-state index in [0.717, 1.165) is 46.8 Å². The fraction of sp³-hybridized carbons (Fsp3) is 0.182. The maximum Gasteiger partial charge on any atom is 0.163 e. The van der Waals surface area contributed by atoms with E-state index in [0.29, 0.717) is 19.0 Å². The highest BCUT2D eigenvalue weighted by Crippen LogP contribution is 2.29. The zero-order valence-corrected chi connectivity index (χ0v) is 15.6. The fourth-order valence-electron chi connectivity index (χ4n) is 3.40. The molecular formula is C22H18FN5O. The van der Waals surface area contributed by atoms with Gasteiger partial charge in [0, 0.05) is 36.6 Å². The molecule has 7 heteroatoms. The molecule has 1 aromatic carbocycles. The van der Waals surface area contributed by atoms with E-state index in [4.69, 9.17) is 19.7 Å². The molecule has 0 radical (unpaired) electrons. The van der Waals surface area contributed by atoms with Gasteiger partial charge in [0.15, 0.2) is 11.6 Å². The molecule has 0 saturated carbocycles. The average molecular weight is 387 g/mol. The average Bonchev–Trinajstić information content (AvgIpc) is 2.80. The second-order valence-electron chi connectivity index (χ2n) is 6.78. The second kappa shape index (κ2) is 7.52. The van der Waals surface area contributed by atoms with Crippen LogP contribution >= 0.6 is 0 Å². The first-order valence-corrected chi connectivity index (χ1v) is 9.46. The molecule has 4 aromatic rings. The maximum absolute atomic E-state index is 13.3. The summed E-state index contributed by atoms with van der Waals surface area (Å²) in [6, 6.07) is 14.0. The van der Waals surface area contributed by atoms with Gasteiger partial charge in [-0.2, -0.15) is 0 Å². The number of morpholine rings is 1. The summed E-state index contributed by atoms with van der Waals surface area (Å²) in [4.78, 5) is 20.8. The van der Waals surface area contributed by atoms with E-state index in [1.165, 1.54) is 12.1 Å². The van der Waals surface area contributed by atoms with Gasteiger partial charge in [0.2, 0.25) is 0 Å². The van der Waals surface area contributed by atoms with Gasteiger partial charge in [-0.15, -0.1) is 0 Å². The van der Waals surface area contributed by atoms with E-state index in [9.17, 15) is 4.39 Å². The number of ether oxygens (including phenoxy) is 1. The molecule has 0 amide bonds. The minimum absolute atomic E-state index is 0.270. The van der Waals surface area contributed by atoms with Gasteiger partial charge in [0.25, 0.3) is 0 Å². The molecule has 0 aliphatic carbocycles. The van der Waals surface area contributed by atoms with E-state index in [1.54, 1.807) is 24.5 Å². The van der Waals surface area contributed by atoms with E-state index in [1.807, 2.05) is 24.3 Å². The molecule has 4 heterocycles. The minimum atomic E-state index is -0.270. The molecule has 6 nitrogen and oxygen atoms in total. The molecule has 29 heavy (non-hydrogen) atoms. The quantitative estimate of drug-likeness (QED) is 0.534. The van der Waals surface area contributed by atoms with Crippen molar-refractivity contribution in [3.63, 3.8) is 0 Å². The predicted octanol–water partition coefficient (Wildman–Crippen LogP) is 3.73. The Morgan fingerprint density at radius 3 is 2.45 bits per heavy atom. The van der Waals surface area contributed by atoms with Crippen LogP contribution in [0.25, 0.3) is 33.7 Å². The third-order valence-electron chi connectivity index (χ3n) is 4.89. The summed E-state index contributed by atoms with van der Waals surface area (Å²) < 4.78 is 18.8. The standard InChI is InChI=1S/C22H18FN5O/c23-17-5-3-15(4-6-17)18-7-8-19-20(25-18)22(28-10-12-29-13-11-28)27-21(26-19)16-2-1-9-24-14-16/h1-9,14H,10-13H2. The summed E-state index contributed by atoms with van der Waals surface area (Å²) in [5, 5.41) is 0. The molecular weight excluding hydrogens is 369 g/mol. The molecule has 0 atom stereocenters. The number of rotatable bonds is 3. The molecule has 1 fully saturated rings. The summed E-state index contributed by atoms with van der Waals surface area (Å²) in [5.41, 5.74) is 3.93. The Bertz CT molecular complexity index is 1150. The Balaban J connectivity index is 1.68. The van der Waals surface area contributed by atoms with Gasteiger partial charge in [0.1, 0.15) is 11.3 Å². The molecule has 5 rings (SSSR count). The molecule has 0 spiro atoms. The van der Waals surface area contributed by atoms with Crippen molar-refractivity contribution in [2.75, 3.05) is 31.2 Å². The Morgan fingerprint density at radius 2 is 1.69 bits per heavy atom. The predicted molar refractivity (Wildman–Crippen MR) is 109 cm³/mol. The van der Waals surface area contributed by atoms with Gasteiger partial charge < -0.3 is 9.64 Å². The van der Waals surface area contributed by atoms with Crippen molar-refractivity contribution in [2.45, 2.75) is 0 Å². The number of nitrogens with zero attached hydrogens (tertiary/aromatic N) is 5. The lowest BCUT2D eigenvalue weighted by molar-refractivity contribution is 0.122. The van der Waals surface area contributed by atoms with Crippen LogP contribution in [0.2, 0.25) is 0 Å². The van der Waals surface area contributed by atoms with Gasteiger partial charge in [-0.1, -0.05) is 0 Å². The van der Waals surface area contributed by atoms with Crippen LogP contribution in [0.15, 0.2) is 60.9 Å². The van der Waals surface area contributed by atoms with E-state index in [-0.39, 0.29) is 5.82 Å². The summed E-state index contributed by atoms with van der Waals surface area (Å²) in [5.74, 6) is 1.12. The third kappa shape index (κ3) is 3.52. The highest BCUT2D eigenvalue weighted by Gasteiger charge is 2.19. The van der Waals surface area contributed by atoms with E-state index in [2.05, 4.69) is 9.88 Å². The van der Waals surface area contributed by atoms with E-state index < -0.39 is 0 Å². The molecule has 144 valence electrons. The van der Waals surface area contributed by atoms with Crippen molar-refractivity contribution in [1.29, 1.82) is 0 Å². The molecule has 0 unspecified atom stereocenters. The van der Waals surface area contributed by atoms with Crippen LogP contribution in [0.4, 0.5) is 10.2 Å². The largest absolute Gasteiger partial charge is 0.378 e. The summed E-state index contributed by atoms with van der Waals surface area (Å²) in [6.07, 6.45) is 3.48. The van der Waals surface area contributed by atoms with Crippen LogP contribution in [0, 0.1) is 5.82 Å². The normalized spacial score (nSPS) is 14.3. The highest BCUT2D eigenvalue weighted by atomic mass is 19.1. The van der Waals surface area contributed by atoms with Gasteiger partial charge in [-0.3, -0.25) is 4.98 Å². The number of benzene rings is 1. The van der Waals surface area contributed by atoms with Crippen LogP contribution in [-0.4, -0.2) is 46.2 Å². The molecule has 0 bridgehead atoms. The van der Waals surface area contributed by atoms with Crippen molar-refractivity contribution < 1.29 is 9.13 Å². The van der Waals surface area contributed by atoms with Gasteiger partial charge in [-0.25, -0.2) is 19.3 Å². The van der Waals surface area contributed by atoms with Crippen molar-refractivity contribution >= 4 is 16.9 Å². The maximum atomic E-state index is 13.3. The highest BCUT2D eigenvalue weighted by molar-refractivity contribution is 5.89. The summed E-state index contributed by atoms with van der Waals surface area (Å²) >= 11 is 0. The van der Waals surface area contributed by atoms with Crippen LogP contribution < -0.4 is 4.90 Å². The first kappa shape index (κ1) is 17.6. The number of anilines is 1. The number of fused-ring (bicyclic) bond motifs is 1. The number of hydrogen-bond donors (Lipinski definition) is 0. The summed E-state index contributed by atoms with van der Waals surface area (Å²) in [7, 11) is 0. The lowest BCUT2D eigenvalue weighted by Gasteiger charge is -2.28. The topological polar surface area (TPSA) is 64.0 Å². The second-order valence-corrected chi connectivity index (χ2v) is 6.78. The van der Waals surface area contributed by atoms with Crippen LogP contribution in [0.3, 0.4) is 0 Å². The zero-order chi connectivity index (χ0) is 19.6. The van der Waals surface area contributed by atoms with Gasteiger partial charge in [-0.05, 0) is 48.5 Å². The van der Waals surface area contributed by atoms with Crippen molar-refractivity contribution in [2.24, 2.45) is 0 Å². The van der Waals surface area contributed by atoms with Crippen molar-refractivity contribution in [3.8, 4) is 22.6 Å². The summed E-state index contributed by atoms with van der Waals surface area (Å²) in [6.45, 7) is 2.76. The molecule has 3 aromatic heterocycles. The monoisotopic (exact) mass is 387 g/mol. The zero-order valence-electron chi connectivity index (χ0n) is 15.6. The molecule has 1 aliphatic rings. The molecule has 1 saturated heterocycles. The number of aromatic nitrogens is 4. The Kier molecular flexibility index (Phi) is 4.57. The van der Waals surface area contributed by atoms with Crippen molar-refractivity contribution in [3.05, 3.63) is 66.7 Å². The lowest BCUT2D eigenvalue weighted by atomic mass is 10.1. The molecule has 1 aliphatic heterocycles. The van der Waals surface area contributed by atoms with Crippen LogP contribution in [-0.2, 0) is 4.74 Å². The Morgan fingerprint density at radius 1 is 0.862 bits per heavy atom. The minimum Gasteiger partial charge on any atom is -0.378 e. The fourth-order valence-corrected chi connectivity index (χ4v) is 3.40. The molecule has 0 N–H and O–H groups in total. The van der Waals surface area contributed by atoms with Gasteiger partial charge >= 0.3 is 0 Å². The number of halogens is 1. The first-order chi connectivity index (χ1) is 14.3. The third-order valence-corrected chi connectivity index (χ3v) is 4.89. The number of hydrogen-bond acceptors (Lipinski definition) is 6. The SMILES string of the molecule is Fc1ccc(-c2ccc3nc(-c4cccnc4)nc(N4CCOCC4)c3n2)cc1. The lowest BCUT2D eigenvalue weighted by Crippen LogP contribution is -2.37. The Labute approximate surface area is 167 Å². The van der Waals surface area contributed by atoms with Crippen LogP contribution in [0.1, 0.15) is 0 Å². The Hall–Kier alpha value is -3.45.